The van der Waals surface area contributed by atoms with Crippen LogP contribution in [0.15, 0.2) is 18.2 Å². The Morgan fingerprint density at radius 1 is 1.24 bits per heavy atom. The minimum Gasteiger partial charge on any atom is -0.493 e. The van der Waals surface area contributed by atoms with Crippen LogP contribution in [-0.2, 0) is 6.42 Å². The van der Waals surface area contributed by atoms with Gasteiger partial charge in [-0.25, -0.2) is 0 Å². The number of benzene rings is 1. The van der Waals surface area contributed by atoms with Crippen molar-refractivity contribution >= 4 is 0 Å². The first-order chi connectivity index (χ1) is 8.17. The highest BCUT2D eigenvalue weighted by atomic mass is 16.5. The van der Waals surface area contributed by atoms with E-state index in [1.165, 1.54) is 5.56 Å². The highest BCUT2D eigenvalue weighted by Crippen LogP contribution is 2.28. The van der Waals surface area contributed by atoms with E-state index in [2.05, 4.69) is 13.8 Å². The maximum Gasteiger partial charge on any atom is 0.161 e. The summed E-state index contributed by atoms with van der Waals surface area (Å²) >= 11 is 0. The lowest BCUT2D eigenvalue weighted by molar-refractivity contribution is 0.273. The Kier molecular flexibility index (Phi) is 5.84. The van der Waals surface area contributed by atoms with Crippen LogP contribution in [0, 0.1) is 5.92 Å². The van der Waals surface area contributed by atoms with Crippen LogP contribution in [-0.4, -0.2) is 20.3 Å². The zero-order chi connectivity index (χ0) is 12.7. The largest absolute Gasteiger partial charge is 0.493 e. The van der Waals surface area contributed by atoms with E-state index in [9.17, 15) is 0 Å². The molecule has 0 aromatic heterocycles. The second-order valence-electron chi connectivity index (χ2n) is 4.55. The molecular weight excluding hydrogens is 214 g/mol. The van der Waals surface area contributed by atoms with Crippen molar-refractivity contribution in [2.75, 3.05) is 20.3 Å². The van der Waals surface area contributed by atoms with Crippen molar-refractivity contribution in [3.63, 3.8) is 0 Å². The van der Waals surface area contributed by atoms with Crippen LogP contribution in [0.2, 0.25) is 0 Å². The molecule has 0 unspecified atom stereocenters. The van der Waals surface area contributed by atoms with Crippen LogP contribution in [0.5, 0.6) is 11.5 Å². The fraction of sp³-hybridized carbons (Fsp3) is 0.571. The predicted molar refractivity (Wildman–Crippen MR) is 70.7 cm³/mol. The number of rotatable bonds is 7. The quantitative estimate of drug-likeness (QED) is 0.793. The molecule has 17 heavy (non-hydrogen) atoms. The highest BCUT2D eigenvalue weighted by Gasteiger charge is 2.05. The molecule has 0 aliphatic rings. The fourth-order valence-electron chi connectivity index (χ4n) is 1.56. The minimum absolute atomic E-state index is 0.650. The third kappa shape index (κ3) is 4.65. The summed E-state index contributed by atoms with van der Waals surface area (Å²) in [5.41, 5.74) is 6.71. The van der Waals surface area contributed by atoms with Gasteiger partial charge in [0.2, 0.25) is 0 Å². The summed E-state index contributed by atoms with van der Waals surface area (Å²) in [5.74, 6) is 2.26. The van der Waals surface area contributed by atoms with Crippen LogP contribution < -0.4 is 15.2 Å². The third-order valence-electron chi connectivity index (χ3n) is 2.61. The topological polar surface area (TPSA) is 44.5 Å². The van der Waals surface area contributed by atoms with Gasteiger partial charge >= 0.3 is 0 Å². The lowest BCUT2D eigenvalue weighted by Gasteiger charge is -2.12. The lowest BCUT2D eigenvalue weighted by atomic mass is 10.1. The number of methoxy groups -OCH3 is 1. The molecule has 0 atom stereocenters. The van der Waals surface area contributed by atoms with Gasteiger partial charge in [-0.05, 0) is 43.0 Å². The first-order valence-electron chi connectivity index (χ1n) is 6.17. The van der Waals surface area contributed by atoms with Crippen molar-refractivity contribution in [1.82, 2.24) is 0 Å². The van der Waals surface area contributed by atoms with Crippen LogP contribution in [0.3, 0.4) is 0 Å². The molecule has 2 N–H and O–H groups in total. The van der Waals surface area contributed by atoms with Gasteiger partial charge in [-0.1, -0.05) is 19.9 Å². The molecule has 1 aromatic rings. The van der Waals surface area contributed by atoms with E-state index >= 15 is 0 Å². The standard InChI is InChI=1S/C14H23NO2/c1-11(2)7-9-17-13-5-4-12(6-8-15)10-14(13)16-3/h4-5,10-11H,6-9,15H2,1-3H3. The van der Waals surface area contributed by atoms with Gasteiger partial charge in [0.25, 0.3) is 0 Å². The van der Waals surface area contributed by atoms with Gasteiger partial charge in [0.15, 0.2) is 11.5 Å². The Balaban J connectivity index is 2.64. The molecule has 96 valence electrons. The van der Waals surface area contributed by atoms with Gasteiger partial charge in [-0.2, -0.15) is 0 Å². The van der Waals surface area contributed by atoms with E-state index in [-0.39, 0.29) is 0 Å². The molecular formula is C14H23NO2. The molecule has 1 rings (SSSR count). The van der Waals surface area contributed by atoms with Crippen LogP contribution in [0.1, 0.15) is 25.8 Å². The molecule has 0 heterocycles. The summed E-state index contributed by atoms with van der Waals surface area (Å²) in [4.78, 5) is 0. The average molecular weight is 237 g/mol. The number of hydrogen-bond donors (Lipinski definition) is 1. The van der Waals surface area contributed by atoms with Gasteiger partial charge in [-0.15, -0.1) is 0 Å². The molecule has 0 aliphatic heterocycles. The first kappa shape index (κ1) is 13.8. The average Bonchev–Trinajstić information content (AvgIpc) is 2.30. The molecule has 0 bridgehead atoms. The SMILES string of the molecule is COc1cc(CCN)ccc1OCCC(C)C. The molecule has 0 amide bonds. The first-order valence-corrected chi connectivity index (χ1v) is 6.17. The molecule has 0 spiro atoms. The van der Waals surface area contributed by atoms with Gasteiger partial charge in [0, 0.05) is 0 Å². The minimum atomic E-state index is 0.650. The van der Waals surface area contributed by atoms with Crippen molar-refractivity contribution in [3.05, 3.63) is 23.8 Å². The normalized spacial score (nSPS) is 10.6. The summed E-state index contributed by atoms with van der Waals surface area (Å²) < 4.78 is 11.0. The zero-order valence-corrected chi connectivity index (χ0v) is 11.0. The van der Waals surface area contributed by atoms with Gasteiger partial charge in [-0.3, -0.25) is 0 Å². The smallest absolute Gasteiger partial charge is 0.161 e. The molecule has 3 heteroatoms. The van der Waals surface area contributed by atoms with E-state index in [0.717, 1.165) is 30.9 Å². The number of hydrogen-bond acceptors (Lipinski definition) is 3. The molecule has 0 fully saturated rings. The number of nitrogens with two attached hydrogens (primary N) is 1. The van der Waals surface area contributed by atoms with Crippen molar-refractivity contribution in [1.29, 1.82) is 0 Å². The molecule has 0 saturated carbocycles. The second kappa shape index (κ2) is 7.17. The maximum absolute atomic E-state index is 5.72. The van der Waals surface area contributed by atoms with Crippen molar-refractivity contribution in [3.8, 4) is 11.5 Å². The molecule has 3 nitrogen and oxygen atoms in total. The Hall–Kier alpha value is -1.22. The predicted octanol–water partition coefficient (Wildman–Crippen LogP) is 2.62. The molecule has 0 saturated heterocycles. The lowest BCUT2D eigenvalue weighted by Crippen LogP contribution is -2.05. The Labute approximate surface area is 104 Å². The Bertz CT molecular complexity index is 337. The summed E-state index contributed by atoms with van der Waals surface area (Å²) in [6.45, 7) is 5.75. The van der Waals surface area contributed by atoms with Crippen molar-refractivity contribution in [2.45, 2.75) is 26.7 Å². The number of ether oxygens (including phenoxy) is 2. The maximum atomic E-state index is 5.72. The van der Waals surface area contributed by atoms with E-state index in [1.807, 2.05) is 18.2 Å². The van der Waals surface area contributed by atoms with Crippen molar-refractivity contribution < 1.29 is 9.47 Å². The van der Waals surface area contributed by atoms with E-state index in [4.69, 9.17) is 15.2 Å². The summed E-state index contributed by atoms with van der Waals surface area (Å²) in [6, 6.07) is 6.00. The van der Waals surface area contributed by atoms with Gasteiger partial charge < -0.3 is 15.2 Å². The van der Waals surface area contributed by atoms with Crippen molar-refractivity contribution in [2.24, 2.45) is 11.7 Å². The van der Waals surface area contributed by atoms with Gasteiger partial charge in [0.1, 0.15) is 0 Å². The Morgan fingerprint density at radius 3 is 2.59 bits per heavy atom. The summed E-state index contributed by atoms with van der Waals surface area (Å²) in [6.07, 6.45) is 1.91. The molecule has 0 aliphatic carbocycles. The van der Waals surface area contributed by atoms with E-state index < -0.39 is 0 Å². The summed E-state index contributed by atoms with van der Waals surface area (Å²) in [5, 5.41) is 0. The Morgan fingerprint density at radius 2 is 2.00 bits per heavy atom. The second-order valence-corrected chi connectivity index (χ2v) is 4.55. The summed E-state index contributed by atoms with van der Waals surface area (Å²) in [7, 11) is 1.66. The van der Waals surface area contributed by atoms with Crippen LogP contribution in [0.4, 0.5) is 0 Å². The van der Waals surface area contributed by atoms with E-state index in [0.29, 0.717) is 12.5 Å². The highest BCUT2D eigenvalue weighted by molar-refractivity contribution is 5.43. The molecule has 1 aromatic carbocycles. The van der Waals surface area contributed by atoms with Gasteiger partial charge in [0.05, 0.1) is 13.7 Å². The monoisotopic (exact) mass is 237 g/mol. The van der Waals surface area contributed by atoms with Crippen LogP contribution in [0.25, 0.3) is 0 Å². The van der Waals surface area contributed by atoms with Crippen LogP contribution >= 0.6 is 0 Å². The van der Waals surface area contributed by atoms with E-state index in [1.54, 1.807) is 7.11 Å². The fourth-order valence-corrected chi connectivity index (χ4v) is 1.56. The zero-order valence-electron chi connectivity index (χ0n) is 11.0. The molecule has 0 radical (unpaired) electrons. The third-order valence-corrected chi connectivity index (χ3v) is 2.61.